The number of halogens is 1. The Morgan fingerprint density at radius 2 is 1.31 bits per heavy atom. The van der Waals surface area contributed by atoms with E-state index in [1.165, 1.54) is 89.9 Å². The quantitative estimate of drug-likeness (QED) is 0.193. The molecule has 2 rings (SSSR count). The van der Waals surface area contributed by atoms with Crippen LogP contribution in [0.4, 0.5) is 0 Å². The van der Waals surface area contributed by atoms with Crippen molar-refractivity contribution in [2.75, 3.05) is 5.33 Å². The minimum atomic E-state index is 0.384. The summed E-state index contributed by atoms with van der Waals surface area (Å²) in [6, 6.07) is 0. The molecule has 0 aromatic carbocycles. The van der Waals surface area contributed by atoms with Crippen LogP contribution in [0, 0.1) is 70.0 Å². The summed E-state index contributed by atoms with van der Waals surface area (Å²) in [5.41, 5.74) is 0.783. The van der Waals surface area contributed by atoms with Crippen molar-refractivity contribution in [3.05, 3.63) is 0 Å². The minimum absolute atomic E-state index is 0.384. The van der Waals surface area contributed by atoms with Gasteiger partial charge >= 0.3 is 0 Å². The molecule has 9 atom stereocenters. The summed E-state index contributed by atoms with van der Waals surface area (Å²) < 4.78 is 0. The van der Waals surface area contributed by atoms with Crippen LogP contribution in [0.1, 0.15) is 166 Å². The van der Waals surface area contributed by atoms with E-state index in [1.807, 2.05) is 0 Å². The molecule has 1 heteroatoms. The molecule has 0 bridgehead atoms. The zero-order valence-corrected chi connectivity index (χ0v) is 30.3. The van der Waals surface area contributed by atoms with Gasteiger partial charge in [-0.3, -0.25) is 0 Å². The molecule has 2 aliphatic rings. The molecule has 0 saturated heterocycles. The summed E-state index contributed by atoms with van der Waals surface area (Å²) in [6.07, 6.45) is 20.7. The fourth-order valence-electron chi connectivity index (χ4n) is 8.90. The summed E-state index contributed by atoms with van der Waals surface area (Å²) in [4.78, 5) is 0. The summed E-state index contributed by atoms with van der Waals surface area (Å²) in [5.74, 6) is 8.68. The van der Waals surface area contributed by atoms with Crippen molar-refractivity contribution in [2.45, 2.75) is 166 Å². The summed E-state index contributed by atoms with van der Waals surface area (Å²) in [7, 11) is 0. The molecule has 0 aromatic heterocycles. The monoisotopic (exact) mass is 608 g/mol. The van der Waals surface area contributed by atoms with Crippen LogP contribution in [0.25, 0.3) is 0 Å². The van der Waals surface area contributed by atoms with E-state index in [0.717, 1.165) is 64.5 Å². The SMILES string of the molecule is CC1CCCCCC2CCCCC2C(CC(C(C)CCC(CCBr)C(C)C(C)(C)C(C)C)C(C)C(C)(C)C)C1. The van der Waals surface area contributed by atoms with Gasteiger partial charge in [0.1, 0.15) is 0 Å². The second kappa shape index (κ2) is 16.4. The van der Waals surface area contributed by atoms with E-state index in [0.29, 0.717) is 10.8 Å². The Labute approximate surface area is 256 Å². The summed E-state index contributed by atoms with van der Waals surface area (Å²) in [5, 5.41) is 1.15. The summed E-state index contributed by atoms with van der Waals surface area (Å²) >= 11 is 3.84. The fraction of sp³-hybridized carbons (Fsp3) is 1.00. The van der Waals surface area contributed by atoms with E-state index in [9.17, 15) is 0 Å². The highest BCUT2D eigenvalue weighted by atomic mass is 79.9. The van der Waals surface area contributed by atoms with Gasteiger partial charge in [-0.05, 0) is 102 Å². The Balaban J connectivity index is 2.27. The molecule has 39 heavy (non-hydrogen) atoms. The average molecular weight is 610 g/mol. The lowest BCUT2D eigenvalue weighted by molar-refractivity contribution is 0.0471. The highest BCUT2D eigenvalue weighted by Gasteiger charge is 2.40. The number of fused-ring (bicyclic) bond motifs is 1. The van der Waals surface area contributed by atoms with E-state index >= 15 is 0 Å². The molecular weight excluding hydrogens is 536 g/mol. The maximum absolute atomic E-state index is 3.84. The van der Waals surface area contributed by atoms with Crippen molar-refractivity contribution < 1.29 is 0 Å². The van der Waals surface area contributed by atoms with E-state index in [1.54, 1.807) is 0 Å². The maximum atomic E-state index is 3.84. The Morgan fingerprint density at radius 3 is 1.90 bits per heavy atom. The second-order valence-corrected chi connectivity index (χ2v) is 17.9. The van der Waals surface area contributed by atoms with Crippen LogP contribution in [0.15, 0.2) is 0 Å². The third-order valence-corrected chi connectivity index (χ3v) is 13.7. The molecule has 2 fully saturated rings. The van der Waals surface area contributed by atoms with Crippen LogP contribution in [0.5, 0.6) is 0 Å². The van der Waals surface area contributed by atoms with Crippen molar-refractivity contribution in [2.24, 2.45) is 70.0 Å². The Bertz CT molecular complexity index is 656. The van der Waals surface area contributed by atoms with Gasteiger partial charge in [0.25, 0.3) is 0 Å². The molecule has 0 spiro atoms. The molecule has 0 heterocycles. The molecule has 2 saturated carbocycles. The van der Waals surface area contributed by atoms with Gasteiger partial charge in [0.15, 0.2) is 0 Å². The van der Waals surface area contributed by atoms with Crippen LogP contribution in [-0.4, -0.2) is 5.33 Å². The zero-order valence-electron chi connectivity index (χ0n) is 28.8. The first-order valence-corrected chi connectivity index (χ1v) is 18.9. The van der Waals surface area contributed by atoms with Crippen LogP contribution >= 0.6 is 15.9 Å². The Hall–Kier alpha value is 0.480. The van der Waals surface area contributed by atoms with Crippen molar-refractivity contribution in [3.63, 3.8) is 0 Å². The van der Waals surface area contributed by atoms with Crippen LogP contribution < -0.4 is 0 Å². The molecule has 0 N–H and O–H groups in total. The van der Waals surface area contributed by atoms with Crippen LogP contribution in [0.3, 0.4) is 0 Å². The first kappa shape index (κ1) is 35.7. The number of alkyl halides is 1. The molecular formula is C38H73Br. The summed E-state index contributed by atoms with van der Waals surface area (Å²) in [6.45, 7) is 28.0. The topological polar surface area (TPSA) is 0 Å². The van der Waals surface area contributed by atoms with Gasteiger partial charge < -0.3 is 0 Å². The molecule has 0 aromatic rings. The van der Waals surface area contributed by atoms with Crippen LogP contribution in [-0.2, 0) is 0 Å². The van der Waals surface area contributed by atoms with Crippen LogP contribution in [0.2, 0.25) is 0 Å². The number of rotatable bonds is 12. The highest BCUT2D eigenvalue weighted by Crippen LogP contribution is 2.49. The molecule has 0 amide bonds. The highest BCUT2D eigenvalue weighted by molar-refractivity contribution is 9.09. The fourth-order valence-corrected chi connectivity index (χ4v) is 9.49. The van der Waals surface area contributed by atoms with Gasteiger partial charge in [-0.1, -0.05) is 150 Å². The lowest BCUT2D eigenvalue weighted by Gasteiger charge is -2.45. The predicted molar refractivity (Wildman–Crippen MR) is 181 cm³/mol. The first-order valence-electron chi connectivity index (χ1n) is 17.8. The van der Waals surface area contributed by atoms with Crippen molar-refractivity contribution >= 4 is 15.9 Å². The largest absolute Gasteiger partial charge is 0.0928 e. The molecule has 232 valence electrons. The minimum Gasteiger partial charge on any atom is -0.0928 e. The predicted octanol–water partition coefficient (Wildman–Crippen LogP) is 13.2. The average Bonchev–Trinajstić information content (AvgIpc) is 2.87. The van der Waals surface area contributed by atoms with Gasteiger partial charge in [-0.15, -0.1) is 0 Å². The second-order valence-electron chi connectivity index (χ2n) is 17.1. The lowest BCUT2D eigenvalue weighted by Crippen LogP contribution is -2.36. The van der Waals surface area contributed by atoms with Gasteiger partial charge in [0, 0.05) is 5.33 Å². The van der Waals surface area contributed by atoms with Gasteiger partial charge in [-0.2, -0.15) is 0 Å². The van der Waals surface area contributed by atoms with E-state index in [-0.39, 0.29) is 0 Å². The zero-order chi connectivity index (χ0) is 29.4. The molecule has 0 nitrogen and oxygen atoms in total. The first-order chi connectivity index (χ1) is 18.2. The number of hydrogen-bond acceptors (Lipinski definition) is 0. The normalized spacial score (nSPS) is 29.8. The van der Waals surface area contributed by atoms with E-state index in [2.05, 4.69) is 92.1 Å². The maximum Gasteiger partial charge on any atom is 0.00340 e. The smallest absolute Gasteiger partial charge is 0.00340 e. The Morgan fingerprint density at radius 1 is 0.718 bits per heavy atom. The van der Waals surface area contributed by atoms with Gasteiger partial charge in [0.2, 0.25) is 0 Å². The van der Waals surface area contributed by atoms with Crippen molar-refractivity contribution in [3.8, 4) is 0 Å². The standard InChI is InChI=1S/C38H73Br/c1-27(2)38(10,11)30(5)32(23-24-39)22-21-29(4)36(31(6)37(7,8)9)26-34-25-28(3)17-13-12-14-18-33-19-15-16-20-35(33)34/h27-36H,12-26H2,1-11H3. The van der Waals surface area contributed by atoms with E-state index < -0.39 is 0 Å². The Kier molecular flexibility index (Phi) is 15.0. The molecule has 9 unspecified atom stereocenters. The molecule has 0 aliphatic heterocycles. The molecule has 2 aliphatic carbocycles. The third-order valence-electron chi connectivity index (χ3n) is 13.2. The third kappa shape index (κ3) is 10.6. The van der Waals surface area contributed by atoms with Gasteiger partial charge in [0.05, 0.1) is 0 Å². The van der Waals surface area contributed by atoms with Gasteiger partial charge in [-0.25, -0.2) is 0 Å². The van der Waals surface area contributed by atoms with Crippen molar-refractivity contribution in [1.29, 1.82) is 0 Å². The lowest BCUT2D eigenvalue weighted by atomic mass is 9.60. The number of hydrogen-bond donors (Lipinski definition) is 0. The van der Waals surface area contributed by atoms with E-state index in [4.69, 9.17) is 0 Å². The van der Waals surface area contributed by atoms with Crippen molar-refractivity contribution in [1.82, 2.24) is 0 Å². The molecule has 0 radical (unpaired) electrons.